The number of hydrogen-bond donors (Lipinski definition) is 3. The number of ether oxygens (including phenoxy) is 1. The summed E-state index contributed by atoms with van der Waals surface area (Å²) in [4.78, 5) is 50.8. The number of carbonyl (C=O) groups excluding carboxylic acids is 3. The molecule has 0 saturated heterocycles. The Morgan fingerprint density at radius 1 is 0.857 bits per heavy atom. The van der Waals surface area contributed by atoms with E-state index in [9.17, 15) is 24.3 Å². The first-order valence-corrected chi connectivity index (χ1v) is 14.8. The predicted molar refractivity (Wildman–Crippen MR) is 163 cm³/mol. The molecule has 0 fully saturated rings. The Labute approximate surface area is 249 Å². The summed E-state index contributed by atoms with van der Waals surface area (Å²) in [6.07, 6.45) is 6.11. The van der Waals surface area contributed by atoms with Crippen LogP contribution in [0, 0.1) is 11.8 Å². The zero-order valence-corrected chi connectivity index (χ0v) is 24.1. The number of rotatable bonds is 12. The second-order valence-corrected chi connectivity index (χ2v) is 11.2. The van der Waals surface area contributed by atoms with E-state index in [1.165, 1.54) is 11.8 Å². The summed E-state index contributed by atoms with van der Waals surface area (Å²) in [6, 6.07) is 23.1. The van der Waals surface area contributed by atoms with Crippen LogP contribution in [0.5, 0.6) is 0 Å². The van der Waals surface area contributed by atoms with Gasteiger partial charge in [0.25, 0.3) is 0 Å². The van der Waals surface area contributed by atoms with E-state index >= 15 is 0 Å². The highest BCUT2D eigenvalue weighted by molar-refractivity contribution is 8.00. The number of nitrogens with one attached hydrogen (secondary N) is 2. The largest absolute Gasteiger partial charge is 0.481 e. The third-order valence-corrected chi connectivity index (χ3v) is 8.19. The molecule has 0 saturated carbocycles. The van der Waals surface area contributed by atoms with Crippen molar-refractivity contribution in [3.05, 3.63) is 102 Å². The summed E-state index contributed by atoms with van der Waals surface area (Å²) in [5.74, 6) is -3.30. The predicted octanol–water partition coefficient (Wildman–Crippen LogP) is 6.72. The number of carboxylic acid groups (broad SMARTS) is 1. The molecule has 3 aromatic rings. The van der Waals surface area contributed by atoms with E-state index < -0.39 is 29.0 Å². The highest BCUT2D eigenvalue weighted by Gasteiger charge is 2.34. The summed E-state index contributed by atoms with van der Waals surface area (Å²) in [6.45, 7) is 2.40. The van der Waals surface area contributed by atoms with Crippen molar-refractivity contribution in [2.24, 2.45) is 11.8 Å². The van der Waals surface area contributed by atoms with E-state index in [1.807, 2.05) is 55.5 Å². The van der Waals surface area contributed by atoms with Gasteiger partial charge in [-0.3, -0.25) is 14.4 Å². The molecule has 0 aliphatic heterocycles. The Bertz CT molecular complexity index is 1410. The number of hydrogen-bond acceptors (Lipinski definition) is 6. The van der Waals surface area contributed by atoms with Gasteiger partial charge in [0.15, 0.2) is 0 Å². The lowest BCUT2D eigenvalue weighted by Gasteiger charge is -2.24. The number of allylic oxidation sites excluding steroid dienone is 2. The second kappa shape index (κ2) is 15.0. The average Bonchev–Trinajstić information content (AvgIpc) is 3.01. The van der Waals surface area contributed by atoms with E-state index in [-0.39, 0.29) is 11.8 Å². The molecule has 4 rings (SSSR count). The molecule has 1 aliphatic carbocycles. The van der Waals surface area contributed by atoms with E-state index in [1.54, 1.807) is 42.5 Å². The van der Waals surface area contributed by atoms with E-state index in [0.717, 1.165) is 23.3 Å². The van der Waals surface area contributed by atoms with Crippen LogP contribution in [0.25, 0.3) is 0 Å². The van der Waals surface area contributed by atoms with Crippen LogP contribution in [0.2, 0.25) is 0 Å². The maximum Gasteiger partial charge on any atom is 0.338 e. The van der Waals surface area contributed by atoms with E-state index in [4.69, 9.17) is 4.74 Å². The number of amides is 2. The molecule has 3 unspecified atom stereocenters. The van der Waals surface area contributed by atoms with Crippen LogP contribution in [-0.2, 0) is 19.1 Å². The van der Waals surface area contributed by atoms with Gasteiger partial charge in [0.05, 0.1) is 24.0 Å². The average molecular weight is 587 g/mol. The van der Waals surface area contributed by atoms with Crippen LogP contribution < -0.4 is 10.6 Å². The standard InChI is InChI=1S/C33H34N2O6S/c1-2-3-21-41-33(40)23-13-15-24(16-14-23)35-31(37)29(22-9-5-4-6-10-22)42-26-19-17-25(18-20-26)34-30(36)27-11-7-8-12-28(27)32(38)39/h4-10,13-20,27-29H,2-3,11-12,21H2,1H3,(H,34,36)(H,35,37)(H,38,39). The van der Waals surface area contributed by atoms with Gasteiger partial charge in [-0.25, -0.2) is 4.79 Å². The van der Waals surface area contributed by atoms with Gasteiger partial charge >= 0.3 is 11.9 Å². The molecule has 3 aromatic carbocycles. The Balaban J connectivity index is 1.42. The van der Waals surface area contributed by atoms with Gasteiger partial charge in [-0.1, -0.05) is 55.8 Å². The number of esters is 1. The highest BCUT2D eigenvalue weighted by atomic mass is 32.2. The number of benzene rings is 3. The smallest absolute Gasteiger partial charge is 0.338 e. The van der Waals surface area contributed by atoms with Gasteiger partial charge in [-0.05, 0) is 73.4 Å². The maximum absolute atomic E-state index is 13.4. The Hall–Kier alpha value is -4.37. The number of thioether (sulfide) groups is 1. The van der Waals surface area contributed by atoms with Gasteiger partial charge in [0, 0.05) is 16.3 Å². The molecule has 0 bridgehead atoms. The molecule has 3 N–H and O–H groups in total. The molecule has 0 spiro atoms. The Morgan fingerprint density at radius 2 is 1.48 bits per heavy atom. The monoisotopic (exact) mass is 586 g/mol. The molecule has 1 aliphatic rings. The molecule has 9 heteroatoms. The van der Waals surface area contributed by atoms with Crippen molar-refractivity contribution in [3.63, 3.8) is 0 Å². The fraction of sp³-hybridized carbons (Fsp3) is 0.273. The van der Waals surface area contributed by atoms with Crippen LogP contribution in [0.3, 0.4) is 0 Å². The zero-order chi connectivity index (χ0) is 29.9. The molecule has 2 amide bonds. The van der Waals surface area contributed by atoms with Gasteiger partial charge < -0.3 is 20.5 Å². The molecular formula is C33H34N2O6S. The minimum Gasteiger partial charge on any atom is -0.481 e. The molecule has 8 nitrogen and oxygen atoms in total. The minimum atomic E-state index is -0.975. The van der Waals surface area contributed by atoms with E-state index in [0.29, 0.717) is 36.4 Å². The lowest BCUT2D eigenvalue weighted by atomic mass is 9.82. The van der Waals surface area contributed by atoms with Crippen LogP contribution >= 0.6 is 11.8 Å². The number of unbranched alkanes of at least 4 members (excludes halogenated alkanes) is 1. The molecule has 42 heavy (non-hydrogen) atoms. The van der Waals surface area contributed by atoms with Gasteiger partial charge in [0.1, 0.15) is 5.25 Å². The maximum atomic E-state index is 13.4. The Kier molecular flexibility index (Phi) is 10.9. The highest BCUT2D eigenvalue weighted by Crippen LogP contribution is 2.37. The first-order chi connectivity index (χ1) is 20.4. The molecule has 3 atom stereocenters. The number of carboxylic acids is 1. The summed E-state index contributed by atoms with van der Waals surface area (Å²) in [7, 11) is 0. The van der Waals surface area contributed by atoms with Crippen molar-refractivity contribution in [1.29, 1.82) is 0 Å². The van der Waals surface area contributed by atoms with E-state index in [2.05, 4.69) is 10.6 Å². The van der Waals surface area contributed by atoms with Gasteiger partial charge in [-0.15, -0.1) is 11.8 Å². The second-order valence-electron chi connectivity index (χ2n) is 9.97. The summed E-state index contributed by atoms with van der Waals surface area (Å²) < 4.78 is 5.25. The van der Waals surface area contributed by atoms with Crippen molar-refractivity contribution in [1.82, 2.24) is 0 Å². The number of aliphatic carboxylic acids is 1. The lowest BCUT2D eigenvalue weighted by molar-refractivity contribution is -0.146. The van der Waals surface area contributed by atoms with Crippen LogP contribution in [0.15, 0.2) is 95.9 Å². The molecule has 0 aromatic heterocycles. The Morgan fingerprint density at radius 3 is 2.12 bits per heavy atom. The normalized spacial score (nSPS) is 16.7. The molecule has 218 valence electrons. The quantitative estimate of drug-likeness (QED) is 0.0932. The number of carbonyl (C=O) groups is 4. The van der Waals surface area contributed by atoms with Crippen LogP contribution in [0.4, 0.5) is 11.4 Å². The van der Waals surface area contributed by atoms with Crippen LogP contribution in [-0.4, -0.2) is 35.5 Å². The summed E-state index contributed by atoms with van der Waals surface area (Å²) in [5.41, 5.74) is 2.35. The zero-order valence-electron chi connectivity index (χ0n) is 23.3. The first-order valence-electron chi connectivity index (χ1n) is 13.9. The molecule has 0 heterocycles. The van der Waals surface area contributed by atoms with Crippen molar-refractivity contribution in [3.8, 4) is 0 Å². The van der Waals surface area contributed by atoms with Crippen molar-refractivity contribution in [2.45, 2.75) is 42.8 Å². The first kappa shape index (κ1) is 30.6. The topological polar surface area (TPSA) is 122 Å². The van der Waals surface area contributed by atoms with Crippen LogP contribution in [0.1, 0.15) is 53.8 Å². The SMILES string of the molecule is CCCCOC(=O)c1ccc(NC(=O)C(Sc2ccc(NC(=O)C3CC=CCC3C(=O)O)cc2)c2ccccc2)cc1. The summed E-state index contributed by atoms with van der Waals surface area (Å²) in [5, 5.41) is 14.7. The fourth-order valence-electron chi connectivity index (χ4n) is 4.56. The number of anilines is 2. The minimum absolute atomic E-state index is 0.230. The lowest BCUT2D eigenvalue weighted by Crippen LogP contribution is -2.34. The third kappa shape index (κ3) is 8.33. The fourth-order valence-corrected chi connectivity index (χ4v) is 5.58. The summed E-state index contributed by atoms with van der Waals surface area (Å²) >= 11 is 1.36. The van der Waals surface area contributed by atoms with Crippen molar-refractivity contribution < 1.29 is 29.0 Å². The van der Waals surface area contributed by atoms with Crippen molar-refractivity contribution >= 4 is 46.9 Å². The molecule has 0 radical (unpaired) electrons. The van der Waals surface area contributed by atoms with Gasteiger partial charge in [0.2, 0.25) is 11.8 Å². The van der Waals surface area contributed by atoms with Gasteiger partial charge in [-0.2, -0.15) is 0 Å². The molecular weight excluding hydrogens is 552 g/mol. The van der Waals surface area contributed by atoms with Crippen molar-refractivity contribution in [2.75, 3.05) is 17.2 Å². The third-order valence-electron chi connectivity index (χ3n) is 6.92.